The van der Waals surface area contributed by atoms with Crippen LogP contribution in [-0.2, 0) is 5.41 Å². The van der Waals surface area contributed by atoms with Crippen molar-refractivity contribution in [2.45, 2.75) is 19.3 Å². The molecule has 1 aliphatic carbocycles. The Morgan fingerprint density at radius 1 is 0.451 bits per heavy atom. The lowest BCUT2D eigenvalue weighted by Crippen LogP contribution is -2.17. The molecular formula is C49H35NO. The van der Waals surface area contributed by atoms with Crippen LogP contribution >= 0.6 is 0 Å². The summed E-state index contributed by atoms with van der Waals surface area (Å²) in [4.78, 5) is 2.44. The summed E-state index contributed by atoms with van der Waals surface area (Å²) in [6, 6.07) is 63.6. The van der Waals surface area contributed by atoms with Crippen molar-refractivity contribution in [1.82, 2.24) is 0 Å². The zero-order chi connectivity index (χ0) is 34.1. The van der Waals surface area contributed by atoms with Crippen molar-refractivity contribution in [1.29, 1.82) is 0 Å². The number of hydrogen-bond donors (Lipinski definition) is 0. The highest BCUT2D eigenvalue weighted by atomic mass is 16.3. The molecule has 1 aliphatic rings. The van der Waals surface area contributed by atoms with Gasteiger partial charge in [-0.15, -0.1) is 0 Å². The average Bonchev–Trinajstić information content (AvgIpc) is 3.66. The van der Waals surface area contributed by atoms with Crippen LogP contribution in [0.15, 0.2) is 180 Å². The Bertz CT molecular complexity index is 2770. The Balaban J connectivity index is 1.24. The molecule has 10 rings (SSSR count). The topological polar surface area (TPSA) is 16.4 Å². The molecule has 2 heteroatoms. The van der Waals surface area contributed by atoms with Crippen molar-refractivity contribution in [3.8, 4) is 33.4 Å². The van der Waals surface area contributed by atoms with Gasteiger partial charge in [-0.2, -0.15) is 0 Å². The lowest BCUT2D eigenvalue weighted by molar-refractivity contribution is 0.647. The molecule has 0 amide bonds. The number of anilines is 3. The molecule has 0 saturated heterocycles. The Morgan fingerprint density at radius 3 is 1.92 bits per heavy atom. The van der Waals surface area contributed by atoms with Crippen molar-refractivity contribution < 1.29 is 4.42 Å². The molecule has 0 spiro atoms. The van der Waals surface area contributed by atoms with E-state index in [-0.39, 0.29) is 5.41 Å². The van der Waals surface area contributed by atoms with E-state index < -0.39 is 0 Å². The summed E-state index contributed by atoms with van der Waals surface area (Å²) < 4.78 is 6.59. The van der Waals surface area contributed by atoms with Crippen molar-refractivity contribution in [3.63, 3.8) is 0 Å². The van der Waals surface area contributed by atoms with Gasteiger partial charge >= 0.3 is 0 Å². The van der Waals surface area contributed by atoms with E-state index in [1.807, 2.05) is 0 Å². The van der Waals surface area contributed by atoms with E-state index in [0.717, 1.165) is 33.6 Å². The quantitative estimate of drug-likeness (QED) is 0.184. The summed E-state index contributed by atoms with van der Waals surface area (Å²) in [6.07, 6.45) is 0. The van der Waals surface area contributed by atoms with Gasteiger partial charge in [0.1, 0.15) is 11.2 Å². The molecule has 1 aromatic heterocycles. The molecule has 0 bridgehead atoms. The number of nitrogens with zero attached hydrogens (tertiary/aromatic N) is 1. The molecule has 0 N–H and O–H groups in total. The maximum atomic E-state index is 6.59. The largest absolute Gasteiger partial charge is 0.456 e. The second-order valence-corrected chi connectivity index (χ2v) is 14.1. The number of para-hydroxylation sites is 2. The summed E-state index contributed by atoms with van der Waals surface area (Å²) in [5, 5.41) is 4.77. The minimum absolute atomic E-state index is 0.272. The zero-order valence-corrected chi connectivity index (χ0v) is 28.6. The zero-order valence-electron chi connectivity index (χ0n) is 28.6. The predicted octanol–water partition coefficient (Wildman–Crippen LogP) is 13.8. The number of rotatable bonds is 5. The van der Waals surface area contributed by atoms with E-state index in [0.29, 0.717) is 0 Å². The van der Waals surface area contributed by atoms with Crippen molar-refractivity contribution in [2.75, 3.05) is 4.90 Å². The van der Waals surface area contributed by atoms with Crippen molar-refractivity contribution in [3.05, 3.63) is 187 Å². The van der Waals surface area contributed by atoms with Crippen LogP contribution in [0.1, 0.15) is 25.0 Å². The summed E-state index contributed by atoms with van der Waals surface area (Å²) in [6.45, 7) is 4.73. The molecule has 9 aromatic rings. The first-order valence-corrected chi connectivity index (χ1v) is 17.7. The monoisotopic (exact) mass is 653 g/mol. The highest BCUT2D eigenvalue weighted by molar-refractivity contribution is 6.17. The summed E-state index contributed by atoms with van der Waals surface area (Å²) in [7, 11) is 0. The molecule has 0 unspecified atom stereocenters. The van der Waals surface area contributed by atoms with E-state index in [9.17, 15) is 0 Å². The first-order chi connectivity index (χ1) is 25.1. The highest BCUT2D eigenvalue weighted by Gasteiger charge is 2.39. The smallest absolute Gasteiger partial charge is 0.136 e. The predicted molar refractivity (Wildman–Crippen MR) is 214 cm³/mol. The maximum Gasteiger partial charge on any atom is 0.136 e. The van der Waals surface area contributed by atoms with Gasteiger partial charge in [0, 0.05) is 38.7 Å². The maximum absolute atomic E-state index is 6.59. The van der Waals surface area contributed by atoms with Gasteiger partial charge in [-0.25, -0.2) is 0 Å². The molecule has 2 nitrogen and oxygen atoms in total. The minimum atomic E-state index is -0.272. The van der Waals surface area contributed by atoms with Crippen LogP contribution in [0.5, 0.6) is 0 Å². The Hall–Kier alpha value is -6.38. The second-order valence-electron chi connectivity index (χ2n) is 14.1. The molecular weight excluding hydrogens is 619 g/mol. The molecule has 0 radical (unpaired) electrons. The average molecular weight is 654 g/mol. The summed E-state index contributed by atoms with van der Waals surface area (Å²) >= 11 is 0. The van der Waals surface area contributed by atoms with Crippen LogP contribution in [0.2, 0.25) is 0 Å². The number of benzene rings is 8. The van der Waals surface area contributed by atoms with Crippen LogP contribution in [0, 0.1) is 0 Å². The van der Waals surface area contributed by atoms with E-state index in [1.165, 1.54) is 60.7 Å². The molecule has 0 saturated carbocycles. The fraction of sp³-hybridized carbons (Fsp3) is 0.0612. The van der Waals surface area contributed by atoms with Gasteiger partial charge in [-0.05, 0) is 86.6 Å². The molecule has 51 heavy (non-hydrogen) atoms. The second kappa shape index (κ2) is 11.3. The summed E-state index contributed by atoms with van der Waals surface area (Å²) in [5.41, 5.74) is 15.0. The first-order valence-electron chi connectivity index (χ1n) is 17.7. The number of hydrogen-bond acceptors (Lipinski definition) is 2. The normalized spacial score (nSPS) is 13.1. The standard InChI is InChI=1S/C49H35NO/c1-49(2)41-30-37(50(36-26-25-32-15-9-10-20-35(32)29-36)43-23-13-11-21-38(43)33-16-5-3-6-17-33)27-28-39(41)47-42(49)31-45-48(40-22-12-14-24-44(40)51-45)46(47)34-18-7-4-8-19-34/h3-31H,1-2H3. The van der Waals surface area contributed by atoms with Gasteiger partial charge in [-0.3, -0.25) is 0 Å². The third-order valence-electron chi connectivity index (χ3n) is 10.8. The third kappa shape index (κ3) is 4.57. The highest BCUT2D eigenvalue weighted by Crippen LogP contribution is 2.57. The SMILES string of the molecule is CC1(C)c2cc(N(c3ccc4ccccc4c3)c3ccccc3-c3ccccc3)ccc2-c2c1cc1oc3ccccc3c1c2-c1ccccc1. The van der Waals surface area contributed by atoms with E-state index in [4.69, 9.17) is 4.42 Å². The fourth-order valence-electron chi connectivity index (χ4n) is 8.38. The van der Waals surface area contributed by atoms with Gasteiger partial charge in [0.15, 0.2) is 0 Å². The molecule has 1 heterocycles. The van der Waals surface area contributed by atoms with Gasteiger partial charge in [0.05, 0.1) is 5.69 Å². The van der Waals surface area contributed by atoms with Gasteiger partial charge in [-0.1, -0.05) is 147 Å². The molecule has 0 aliphatic heterocycles. The van der Waals surface area contributed by atoms with E-state index in [1.54, 1.807) is 0 Å². The summed E-state index contributed by atoms with van der Waals surface area (Å²) in [5.74, 6) is 0. The molecule has 242 valence electrons. The van der Waals surface area contributed by atoms with Gasteiger partial charge < -0.3 is 9.32 Å². The van der Waals surface area contributed by atoms with Crippen molar-refractivity contribution in [2.24, 2.45) is 0 Å². The number of furan rings is 1. The lowest BCUT2D eigenvalue weighted by atomic mass is 9.81. The molecule has 0 fully saturated rings. The van der Waals surface area contributed by atoms with Crippen molar-refractivity contribution >= 4 is 49.8 Å². The van der Waals surface area contributed by atoms with Crippen LogP contribution in [-0.4, -0.2) is 0 Å². The Labute approximate surface area is 297 Å². The van der Waals surface area contributed by atoms with E-state index >= 15 is 0 Å². The fourth-order valence-corrected chi connectivity index (χ4v) is 8.38. The third-order valence-corrected chi connectivity index (χ3v) is 10.8. The van der Waals surface area contributed by atoms with Gasteiger partial charge in [0.2, 0.25) is 0 Å². The minimum Gasteiger partial charge on any atom is -0.456 e. The first kappa shape index (κ1) is 29.5. The van der Waals surface area contributed by atoms with Gasteiger partial charge in [0.25, 0.3) is 0 Å². The van der Waals surface area contributed by atoms with Crippen LogP contribution in [0.3, 0.4) is 0 Å². The van der Waals surface area contributed by atoms with Crippen LogP contribution in [0.4, 0.5) is 17.1 Å². The van der Waals surface area contributed by atoms with Crippen LogP contribution in [0.25, 0.3) is 66.1 Å². The lowest BCUT2D eigenvalue weighted by Gasteiger charge is -2.30. The molecule has 0 atom stereocenters. The Morgan fingerprint density at radius 2 is 1.10 bits per heavy atom. The van der Waals surface area contributed by atoms with Crippen LogP contribution < -0.4 is 4.90 Å². The van der Waals surface area contributed by atoms with E-state index in [2.05, 4.69) is 195 Å². The Kier molecular flexibility index (Phi) is 6.56. The number of fused-ring (bicyclic) bond motifs is 7. The molecule has 8 aromatic carbocycles.